The fraction of sp³-hybridized carbons (Fsp3) is 0.333. The van der Waals surface area contributed by atoms with E-state index in [2.05, 4.69) is 51.1 Å². The SMILES string of the molecule is CC1=C(C)CC(c2ccccc2)=C(C)C1. The molecule has 15 heavy (non-hydrogen) atoms. The average molecular weight is 198 g/mol. The molecule has 0 fully saturated rings. The summed E-state index contributed by atoms with van der Waals surface area (Å²) < 4.78 is 0. The van der Waals surface area contributed by atoms with Crippen molar-refractivity contribution in [3.8, 4) is 0 Å². The summed E-state index contributed by atoms with van der Waals surface area (Å²) in [5.74, 6) is 0. The Hall–Kier alpha value is -1.30. The lowest BCUT2D eigenvalue weighted by molar-refractivity contribution is 0.986. The van der Waals surface area contributed by atoms with E-state index in [9.17, 15) is 0 Å². The van der Waals surface area contributed by atoms with E-state index in [1.807, 2.05) is 0 Å². The van der Waals surface area contributed by atoms with Crippen LogP contribution in [0, 0.1) is 0 Å². The van der Waals surface area contributed by atoms with Gasteiger partial charge < -0.3 is 0 Å². The lowest BCUT2D eigenvalue weighted by atomic mass is 9.85. The van der Waals surface area contributed by atoms with Gasteiger partial charge in [-0.1, -0.05) is 47.1 Å². The summed E-state index contributed by atoms with van der Waals surface area (Å²) in [7, 11) is 0. The largest absolute Gasteiger partial charge is 0.0700 e. The van der Waals surface area contributed by atoms with Crippen LogP contribution < -0.4 is 0 Å². The summed E-state index contributed by atoms with van der Waals surface area (Å²) in [6.07, 6.45) is 2.28. The second-order valence-corrected chi connectivity index (χ2v) is 4.54. The van der Waals surface area contributed by atoms with Crippen LogP contribution in [-0.4, -0.2) is 0 Å². The van der Waals surface area contributed by atoms with Crippen molar-refractivity contribution >= 4 is 5.57 Å². The zero-order chi connectivity index (χ0) is 10.8. The van der Waals surface area contributed by atoms with Gasteiger partial charge in [-0.3, -0.25) is 0 Å². The maximum Gasteiger partial charge on any atom is -0.00617 e. The first-order chi connectivity index (χ1) is 7.18. The summed E-state index contributed by atoms with van der Waals surface area (Å²) in [5.41, 5.74) is 7.54. The zero-order valence-corrected chi connectivity index (χ0v) is 9.80. The van der Waals surface area contributed by atoms with Gasteiger partial charge in [0.1, 0.15) is 0 Å². The quantitative estimate of drug-likeness (QED) is 0.579. The molecule has 1 aromatic rings. The smallest absolute Gasteiger partial charge is 0.00617 e. The van der Waals surface area contributed by atoms with Crippen LogP contribution in [0.2, 0.25) is 0 Å². The molecule has 1 aliphatic rings. The van der Waals surface area contributed by atoms with Crippen molar-refractivity contribution in [3.05, 3.63) is 52.6 Å². The van der Waals surface area contributed by atoms with Gasteiger partial charge in [0, 0.05) is 0 Å². The summed E-state index contributed by atoms with van der Waals surface area (Å²) in [4.78, 5) is 0. The van der Waals surface area contributed by atoms with Crippen molar-refractivity contribution in [2.24, 2.45) is 0 Å². The standard InChI is InChI=1S/C15H18/c1-11-9-13(3)15(10-12(11)2)14-7-5-4-6-8-14/h4-8H,9-10H2,1-3H3. The molecule has 0 radical (unpaired) electrons. The van der Waals surface area contributed by atoms with E-state index in [0.717, 1.165) is 12.8 Å². The van der Waals surface area contributed by atoms with E-state index in [1.54, 1.807) is 11.1 Å². The molecule has 0 heteroatoms. The van der Waals surface area contributed by atoms with E-state index in [0.29, 0.717) is 0 Å². The zero-order valence-electron chi connectivity index (χ0n) is 9.80. The highest BCUT2D eigenvalue weighted by Gasteiger charge is 2.13. The Morgan fingerprint density at radius 1 is 0.733 bits per heavy atom. The third-order valence-electron chi connectivity index (χ3n) is 3.34. The van der Waals surface area contributed by atoms with Crippen molar-refractivity contribution in [2.45, 2.75) is 33.6 Å². The second-order valence-electron chi connectivity index (χ2n) is 4.54. The second kappa shape index (κ2) is 4.06. The van der Waals surface area contributed by atoms with Crippen LogP contribution in [0.25, 0.3) is 5.57 Å². The molecular formula is C15H18. The molecule has 0 unspecified atom stereocenters. The topological polar surface area (TPSA) is 0 Å². The predicted octanol–water partition coefficient (Wildman–Crippen LogP) is 4.59. The van der Waals surface area contributed by atoms with Gasteiger partial charge in [0.05, 0.1) is 0 Å². The molecule has 0 saturated heterocycles. The van der Waals surface area contributed by atoms with E-state index in [-0.39, 0.29) is 0 Å². The monoisotopic (exact) mass is 198 g/mol. The Labute approximate surface area is 92.3 Å². The first-order valence-corrected chi connectivity index (χ1v) is 5.57. The van der Waals surface area contributed by atoms with Crippen LogP contribution in [0.5, 0.6) is 0 Å². The lowest BCUT2D eigenvalue weighted by Gasteiger charge is -2.21. The molecule has 0 aromatic heterocycles. The fourth-order valence-corrected chi connectivity index (χ4v) is 2.21. The number of allylic oxidation sites excluding steroid dienone is 4. The van der Waals surface area contributed by atoms with Gasteiger partial charge in [0.15, 0.2) is 0 Å². The molecule has 0 amide bonds. The van der Waals surface area contributed by atoms with Crippen LogP contribution in [0.15, 0.2) is 47.1 Å². The van der Waals surface area contributed by atoms with E-state index >= 15 is 0 Å². The molecular weight excluding hydrogens is 180 g/mol. The Bertz CT molecular complexity index is 419. The number of benzene rings is 1. The fourth-order valence-electron chi connectivity index (χ4n) is 2.21. The summed E-state index contributed by atoms with van der Waals surface area (Å²) in [6.45, 7) is 6.77. The summed E-state index contributed by atoms with van der Waals surface area (Å²) in [6, 6.07) is 10.8. The third kappa shape index (κ3) is 2.04. The van der Waals surface area contributed by atoms with Gasteiger partial charge in [-0.15, -0.1) is 0 Å². The summed E-state index contributed by atoms with van der Waals surface area (Å²) in [5, 5.41) is 0. The maximum absolute atomic E-state index is 2.26. The lowest BCUT2D eigenvalue weighted by Crippen LogP contribution is -2.00. The van der Waals surface area contributed by atoms with Crippen LogP contribution in [-0.2, 0) is 0 Å². The number of hydrogen-bond donors (Lipinski definition) is 0. The molecule has 0 heterocycles. The van der Waals surface area contributed by atoms with Crippen LogP contribution in [0.1, 0.15) is 39.2 Å². The predicted molar refractivity (Wildman–Crippen MR) is 66.6 cm³/mol. The maximum atomic E-state index is 2.26. The highest BCUT2D eigenvalue weighted by Crippen LogP contribution is 2.34. The van der Waals surface area contributed by atoms with Gasteiger partial charge in [0.2, 0.25) is 0 Å². The van der Waals surface area contributed by atoms with Crippen molar-refractivity contribution < 1.29 is 0 Å². The van der Waals surface area contributed by atoms with Crippen LogP contribution >= 0.6 is 0 Å². The van der Waals surface area contributed by atoms with Crippen molar-refractivity contribution in [3.63, 3.8) is 0 Å². The molecule has 0 atom stereocenters. The van der Waals surface area contributed by atoms with Crippen molar-refractivity contribution in [1.82, 2.24) is 0 Å². The van der Waals surface area contributed by atoms with E-state index in [4.69, 9.17) is 0 Å². The third-order valence-corrected chi connectivity index (χ3v) is 3.34. The molecule has 0 N–H and O–H groups in total. The Kier molecular flexibility index (Phi) is 2.77. The normalized spacial score (nSPS) is 17.3. The first-order valence-electron chi connectivity index (χ1n) is 5.57. The minimum absolute atomic E-state index is 1.13. The molecule has 0 aliphatic heterocycles. The van der Waals surface area contributed by atoms with Gasteiger partial charge in [-0.05, 0) is 44.7 Å². The Morgan fingerprint density at radius 3 is 2.00 bits per heavy atom. The van der Waals surface area contributed by atoms with Crippen LogP contribution in [0.4, 0.5) is 0 Å². The van der Waals surface area contributed by atoms with Gasteiger partial charge in [-0.25, -0.2) is 0 Å². The van der Waals surface area contributed by atoms with Crippen molar-refractivity contribution in [1.29, 1.82) is 0 Å². The minimum atomic E-state index is 1.13. The van der Waals surface area contributed by atoms with Crippen LogP contribution in [0.3, 0.4) is 0 Å². The minimum Gasteiger partial charge on any atom is -0.0700 e. The van der Waals surface area contributed by atoms with E-state index in [1.165, 1.54) is 16.7 Å². The number of rotatable bonds is 1. The van der Waals surface area contributed by atoms with Gasteiger partial charge in [0.25, 0.3) is 0 Å². The summed E-state index contributed by atoms with van der Waals surface area (Å²) >= 11 is 0. The van der Waals surface area contributed by atoms with Crippen molar-refractivity contribution in [2.75, 3.05) is 0 Å². The average Bonchev–Trinajstić information content (AvgIpc) is 2.25. The Morgan fingerprint density at radius 2 is 1.33 bits per heavy atom. The van der Waals surface area contributed by atoms with Gasteiger partial charge in [-0.2, -0.15) is 0 Å². The number of hydrogen-bond acceptors (Lipinski definition) is 0. The molecule has 2 rings (SSSR count). The molecule has 0 spiro atoms. The Balaban J connectivity index is 2.36. The molecule has 1 aliphatic carbocycles. The highest BCUT2D eigenvalue weighted by atomic mass is 14.2. The first kappa shape index (κ1) is 10.2. The molecule has 0 saturated carbocycles. The van der Waals surface area contributed by atoms with E-state index < -0.39 is 0 Å². The van der Waals surface area contributed by atoms with Gasteiger partial charge >= 0.3 is 0 Å². The molecule has 0 bridgehead atoms. The molecule has 0 nitrogen and oxygen atoms in total. The highest BCUT2D eigenvalue weighted by molar-refractivity contribution is 5.72. The molecule has 1 aromatic carbocycles. The molecule has 78 valence electrons.